The van der Waals surface area contributed by atoms with E-state index in [1.165, 1.54) is 11.3 Å². The molecule has 0 radical (unpaired) electrons. The predicted octanol–water partition coefficient (Wildman–Crippen LogP) is 2.63. The summed E-state index contributed by atoms with van der Waals surface area (Å²) in [4.78, 5) is 15.7. The maximum Gasteiger partial charge on any atom is 0.252 e. The summed E-state index contributed by atoms with van der Waals surface area (Å²) in [6, 6.07) is 5.62. The Morgan fingerprint density at radius 1 is 1.38 bits per heavy atom. The lowest BCUT2D eigenvalue weighted by Crippen LogP contribution is -2.26. The summed E-state index contributed by atoms with van der Waals surface area (Å²) >= 11 is 1.52. The number of aromatic nitrogens is 1. The van der Waals surface area contributed by atoms with Crippen molar-refractivity contribution in [3.63, 3.8) is 0 Å². The van der Waals surface area contributed by atoms with E-state index in [2.05, 4.69) is 10.3 Å². The van der Waals surface area contributed by atoms with Crippen LogP contribution in [0.3, 0.4) is 0 Å². The first-order chi connectivity index (χ1) is 7.77. The molecule has 1 atom stereocenters. The molecular formula is C12H12N2OS. The zero-order valence-electron chi connectivity index (χ0n) is 8.88. The normalized spacial score (nSPS) is 12.1. The fourth-order valence-corrected chi connectivity index (χ4v) is 2.05. The molecule has 0 aliphatic rings. The Morgan fingerprint density at radius 3 is 2.75 bits per heavy atom. The number of rotatable bonds is 3. The van der Waals surface area contributed by atoms with Crippen molar-refractivity contribution in [1.29, 1.82) is 0 Å². The Balaban J connectivity index is 2.03. The van der Waals surface area contributed by atoms with Crippen molar-refractivity contribution < 1.29 is 4.79 Å². The van der Waals surface area contributed by atoms with Crippen LogP contribution in [0.2, 0.25) is 0 Å². The molecule has 16 heavy (non-hydrogen) atoms. The summed E-state index contributed by atoms with van der Waals surface area (Å²) < 4.78 is 0. The number of hydrogen-bond acceptors (Lipinski definition) is 3. The largest absolute Gasteiger partial charge is 0.345 e. The zero-order chi connectivity index (χ0) is 11.4. The molecule has 4 heteroatoms. The fourth-order valence-electron chi connectivity index (χ4n) is 1.41. The van der Waals surface area contributed by atoms with Crippen LogP contribution < -0.4 is 5.32 Å². The van der Waals surface area contributed by atoms with Crippen LogP contribution in [-0.2, 0) is 0 Å². The Bertz CT molecular complexity index is 453. The molecule has 2 aromatic rings. The Kier molecular flexibility index (Phi) is 3.31. The summed E-state index contributed by atoms with van der Waals surface area (Å²) in [5.74, 6) is -0.0365. The van der Waals surface area contributed by atoms with E-state index in [0.717, 1.165) is 5.56 Å². The van der Waals surface area contributed by atoms with Crippen LogP contribution in [0.15, 0.2) is 41.4 Å². The molecule has 0 spiro atoms. The highest BCUT2D eigenvalue weighted by molar-refractivity contribution is 7.08. The van der Waals surface area contributed by atoms with Gasteiger partial charge in [-0.3, -0.25) is 9.78 Å². The first kappa shape index (κ1) is 10.8. The summed E-state index contributed by atoms with van der Waals surface area (Å²) in [5, 5.41) is 6.68. The summed E-state index contributed by atoms with van der Waals surface area (Å²) in [6.45, 7) is 1.96. The van der Waals surface area contributed by atoms with E-state index < -0.39 is 0 Å². The number of nitrogens with one attached hydrogen (secondary N) is 1. The molecule has 3 nitrogen and oxygen atoms in total. The van der Waals surface area contributed by atoms with E-state index in [1.807, 2.05) is 35.9 Å². The van der Waals surface area contributed by atoms with E-state index in [9.17, 15) is 4.79 Å². The molecule has 1 N–H and O–H groups in total. The lowest BCUT2D eigenvalue weighted by molar-refractivity contribution is 0.0940. The van der Waals surface area contributed by atoms with Gasteiger partial charge in [0.05, 0.1) is 11.6 Å². The Labute approximate surface area is 98.2 Å². The number of pyridine rings is 1. The van der Waals surface area contributed by atoms with Gasteiger partial charge in [-0.05, 0) is 36.1 Å². The van der Waals surface area contributed by atoms with Crippen molar-refractivity contribution in [1.82, 2.24) is 10.3 Å². The fraction of sp³-hybridized carbons (Fsp3) is 0.167. The van der Waals surface area contributed by atoms with Crippen LogP contribution in [0.25, 0.3) is 0 Å². The summed E-state index contributed by atoms with van der Waals surface area (Å²) in [5.41, 5.74) is 1.77. The van der Waals surface area contributed by atoms with Gasteiger partial charge >= 0.3 is 0 Å². The van der Waals surface area contributed by atoms with Crippen LogP contribution in [0.5, 0.6) is 0 Å². The molecule has 0 saturated carbocycles. The van der Waals surface area contributed by atoms with Crippen molar-refractivity contribution in [3.05, 3.63) is 52.5 Å². The van der Waals surface area contributed by atoms with Crippen LogP contribution in [-0.4, -0.2) is 10.9 Å². The maximum absolute atomic E-state index is 11.8. The van der Waals surface area contributed by atoms with Crippen molar-refractivity contribution >= 4 is 17.2 Å². The highest BCUT2D eigenvalue weighted by Gasteiger charge is 2.10. The van der Waals surface area contributed by atoms with E-state index in [1.54, 1.807) is 12.4 Å². The van der Waals surface area contributed by atoms with Gasteiger partial charge in [-0.25, -0.2) is 0 Å². The third-order valence-corrected chi connectivity index (χ3v) is 3.02. The van der Waals surface area contributed by atoms with Gasteiger partial charge < -0.3 is 5.32 Å². The molecule has 82 valence electrons. The molecule has 0 bridgehead atoms. The van der Waals surface area contributed by atoms with E-state index >= 15 is 0 Å². The minimum atomic E-state index is -0.0365. The lowest BCUT2D eigenvalue weighted by atomic mass is 10.1. The van der Waals surface area contributed by atoms with Crippen molar-refractivity contribution in [2.45, 2.75) is 13.0 Å². The van der Waals surface area contributed by atoms with Gasteiger partial charge in [0.25, 0.3) is 5.91 Å². The van der Waals surface area contributed by atoms with Gasteiger partial charge in [0.2, 0.25) is 0 Å². The van der Waals surface area contributed by atoms with Crippen LogP contribution in [0.1, 0.15) is 28.9 Å². The molecule has 0 unspecified atom stereocenters. The molecule has 2 rings (SSSR count). The minimum absolute atomic E-state index is 0.00426. The van der Waals surface area contributed by atoms with Gasteiger partial charge in [-0.15, -0.1) is 0 Å². The number of carbonyl (C=O) groups is 1. The smallest absolute Gasteiger partial charge is 0.252 e. The number of amides is 1. The van der Waals surface area contributed by atoms with Crippen LogP contribution >= 0.6 is 11.3 Å². The second-order valence-electron chi connectivity index (χ2n) is 3.49. The third-order valence-electron chi connectivity index (χ3n) is 2.34. The van der Waals surface area contributed by atoms with E-state index in [0.29, 0.717) is 5.56 Å². The molecule has 0 fully saturated rings. The maximum atomic E-state index is 11.8. The molecule has 1 amide bonds. The van der Waals surface area contributed by atoms with Crippen molar-refractivity contribution in [2.24, 2.45) is 0 Å². The molecule has 2 heterocycles. The second-order valence-corrected chi connectivity index (χ2v) is 4.27. The first-order valence-corrected chi connectivity index (χ1v) is 5.94. The van der Waals surface area contributed by atoms with Gasteiger partial charge in [-0.2, -0.15) is 11.3 Å². The number of thiophene rings is 1. The molecule has 0 saturated heterocycles. The van der Waals surface area contributed by atoms with Crippen molar-refractivity contribution in [3.8, 4) is 0 Å². The topological polar surface area (TPSA) is 42.0 Å². The SMILES string of the molecule is C[C@@H](NC(=O)c1ccsc1)c1ccncc1. The predicted molar refractivity (Wildman–Crippen MR) is 64.4 cm³/mol. The molecule has 0 aliphatic carbocycles. The summed E-state index contributed by atoms with van der Waals surface area (Å²) in [7, 11) is 0. The molecule has 2 aromatic heterocycles. The monoisotopic (exact) mass is 232 g/mol. The first-order valence-electron chi connectivity index (χ1n) is 5.00. The minimum Gasteiger partial charge on any atom is -0.345 e. The highest BCUT2D eigenvalue weighted by Crippen LogP contribution is 2.12. The third kappa shape index (κ3) is 2.46. The quantitative estimate of drug-likeness (QED) is 0.884. The van der Waals surface area contributed by atoms with Gasteiger partial charge in [0.15, 0.2) is 0 Å². The zero-order valence-corrected chi connectivity index (χ0v) is 9.70. The van der Waals surface area contributed by atoms with Crippen LogP contribution in [0.4, 0.5) is 0 Å². The standard InChI is InChI=1S/C12H12N2OS/c1-9(10-2-5-13-6-3-10)14-12(15)11-4-7-16-8-11/h2-9H,1H3,(H,14,15)/t9-/m1/s1. The average Bonchev–Trinajstić information content (AvgIpc) is 2.83. The van der Waals surface area contributed by atoms with Crippen molar-refractivity contribution in [2.75, 3.05) is 0 Å². The summed E-state index contributed by atoms with van der Waals surface area (Å²) in [6.07, 6.45) is 3.45. The highest BCUT2D eigenvalue weighted by atomic mass is 32.1. The second kappa shape index (κ2) is 4.90. The van der Waals surface area contributed by atoms with Gasteiger partial charge in [0, 0.05) is 17.8 Å². The van der Waals surface area contributed by atoms with E-state index in [-0.39, 0.29) is 11.9 Å². The Hall–Kier alpha value is -1.68. The van der Waals surface area contributed by atoms with Crippen LogP contribution in [0, 0.1) is 0 Å². The number of nitrogens with zero attached hydrogens (tertiary/aromatic N) is 1. The average molecular weight is 232 g/mol. The molecule has 0 aromatic carbocycles. The molecule has 0 aliphatic heterocycles. The molecular weight excluding hydrogens is 220 g/mol. The Morgan fingerprint density at radius 2 is 2.12 bits per heavy atom. The van der Waals surface area contributed by atoms with Gasteiger partial charge in [-0.1, -0.05) is 0 Å². The van der Waals surface area contributed by atoms with Gasteiger partial charge in [0.1, 0.15) is 0 Å². The number of carbonyl (C=O) groups excluding carboxylic acids is 1. The lowest BCUT2D eigenvalue weighted by Gasteiger charge is -2.13. The van der Waals surface area contributed by atoms with E-state index in [4.69, 9.17) is 0 Å². The number of hydrogen-bond donors (Lipinski definition) is 1.